The summed E-state index contributed by atoms with van der Waals surface area (Å²) >= 11 is 1.30. The minimum absolute atomic E-state index is 0.136. The molecule has 0 bridgehead atoms. The van der Waals surface area contributed by atoms with Gasteiger partial charge in [0.15, 0.2) is 5.13 Å². The van der Waals surface area contributed by atoms with Gasteiger partial charge < -0.3 is 5.73 Å². The molecule has 0 radical (unpaired) electrons. The molecular weight excluding hydrogens is 376 g/mol. The van der Waals surface area contributed by atoms with E-state index in [1.807, 2.05) is 35.7 Å². The van der Waals surface area contributed by atoms with Crippen LogP contribution in [0.3, 0.4) is 0 Å². The lowest BCUT2D eigenvalue weighted by atomic mass is 10.1. The van der Waals surface area contributed by atoms with Crippen molar-refractivity contribution < 1.29 is 9.59 Å². The van der Waals surface area contributed by atoms with Crippen LogP contribution in [-0.4, -0.2) is 33.5 Å². The Morgan fingerprint density at radius 1 is 1.18 bits per heavy atom. The van der Waals surface area contributed by atoms with Crippen LogP contribution in [0, 0.1) is 0 Å². The molecule has 9 heteroatoms. The molecule has 0 saturated heterocycles. The average molecular weight is 392 g/mol. The summed E-state index contributed by atoms with van der Waals surface area (Å²) in [6.07, 6.45) is 3.53. The molecule has 1 unspecified atom stereocenters. The standard InChI is InChI=1S/C19H16N6O2S/c20-17(26)16-9-14(24-25(16)13-6-2-1-3-7-13)18(27)23-19-22-15(11-28-19)12-5-4-8-21-10-12/h1-8,10-11,16H,9H2,(H2,20,26)(H,22,23,27). The molecule has 1 aliphatic heterocycles. The van der Waals surface area contributed by atoms with Crippen LogP contribution >= 0.6 is 11.3 Å². The number of primary amides is 1. The summed E-state index contributed by atoms with van der Waals surface area (Å²) in [6.45, 7) is 0. The van der Waals surface area contributed by atoms with E-state index in [4.69, 9.17) is 5.73 Å². The molecule has 2 aromatic heterocycles. The van der Waals surface area contributed by atoms with Crippen molar-refractivity contribution in [3.63, 3.8) is 0 Å². The first-order chi connectivity index (χ1) is 13.6. The summed E-state index contributed by atoms with van der Waals surface area (Å²) in [5.74, 6) is -0.944. The highest BCUT2D eigenvalue weighted by atomic mass is 32.1. The molecule has 1 atom stereocenters. The molecule has 2 amide bonds. The first-order valence-corrected chi connectivity index (χ1v) is 9.38. The second-order valence-electron chi connectivity index (χ2n) is 6.08. The van der Waals surface area contributed by atoms with Crippen molar-refractivity contribution in [2.75, 3.05) is 10.3 Å². The van der Waals surface area contributed by atoms with Crippen molar-refractivity contribution in [1.29, 1.82) is 0 Å². The molecule has 3 N–H and O–H groups in total. The number of benzene rings is 1. The van der Waals surface area contributed by atoms with Crippen molar-refractivity contribution in [3.8, 4) is 11.3 Å². The van der Waals surface area contributed by atoms with Gasteiger partial charge in [-0.2, -0.15) is 5.10 Å². The SMILES string of the molecule is NC(=O)C1CC(C(=O)Nc2nc(-c3cccnc3)cs2)=NN1c1ccccc1. The first-order valence-electron chi connectivity index (χ1n) is 8.50. The number of amides is 2. The highest BCUT2D eigenvalue weighted by Crippen LogP contribution is 2.26. The number of hydrazone groups is 1. The molecule has 8 nitrogen and oxygen atoms in total. The topological polar surface area (TPSA) is 114 Å². The van der Waals surface area contributed by atoms with Gasteiger partial charge in [-0.3, -0.25) is 24.9 Å². The molecule has 4 rings (SSSR count). The number of hydrogen-bond donors (Lipinski definition) is 2. The van der Waals surface area contributed by atoms with Crippen molar-refractivity contribution in [2.24, 2.45) is 10.8 Å². The molecule has 0 fully saturated rings. The largest absolute Gasteiger partial charge is 0.368 e. The van der Waals surface area contributed by atoms with E-state index in [-0.39, 0.29) is 12.1 Å². The molecule has 1 aromatic carbocycles. The number of nitrogens with zero attached hydrogens (tertiary/aromatic N) is 4. The molecule has 3 heterocycles. The Labute approximate surface area is 164 Å². The molecule has 1 aliphatic rings. The van der Waals surface area contributed by atoms with Gasteiger partial charge in [-0.25, -0.2) is 4.98 Å². The predicted octanol–water partition coefficient (Wildman–Crippen LogP) is 2.26. The Kier molecular flexibility index (Phi) is 4.81. The Morgan fingerprint density at radius 2 is 2.00 bits per heavy atom. The number of carbonyl (C=O) groups excluding carboxylic acids is 2. The number of aromatic nitrogens is 2. The lowest BCUT2D eigenvalue weighted by molar-refractivity contribution is -0.119. The van der Waals surface area contributed by atoms with Crippen molar-refractivity contribution in [1.82, 2.24) is 9.97 Å². The minimum Gasteiger partial charge on any atom is -0.368 e. The third-order valence-corrected chi connectivity index (χ3v) is 4.96. The Balaban J connectivity index is 1.52. The number of para-hydroxylation sites is 1. The second-order valence-corrected chi connectivity index (χ2v) is 6.94. The maximum absolute atomic E-state index is 12.6. The first kappa shape index (κ1) is 17.8. The van der Waals surface area contributed by atoms with E-state index in [0.717, 1.165) is 11.3 Å². The predicted molar refractivity (Wildman–Crippen MR) is 108 cm³/mol. The zero-order valence-corrected chi connectivity index (χ0v) is 15.5. The van der Waals surface area contributed by atoms with Gasteiger partial charge in [0.25, 0.3) is 5.91 Å². The van der Waals surface area contributed by atoms with Crippen molar-refractivity contribution in [3.05, 3.63) is 60.2 Å². The summed E-state index contributed by atoms with van der Waals surface area (Å²) in [6, 6.07) is 12.1. The fourth-order valence-electron chi connectivity index (χ4n) is 2.84. The summed E-state index contributed by atoms with van der Waals surface area (Å²) in [5.41, 5.74) is 8.02. The quantitative estimate of drug-likeness (QED) is 0.691. The average Bonchev–Trinajstić information content (AvgIpc) is 3.37. The van der Waals surface area contributed by atoms with Gasteiger partial charge in [0.05, 0.1) is 11.4 Å². The van der Waals surface area contributed by atoms with E-state index in [1.54, 1.807) is 24.5 Å². The third kappa shape index (κ3) is 3.60. The van der Waals surface area contributed by atoms with E-state index in [9.17, 15) is 9.59 Å². The summed E-state index contributed by atoms with van der Waals surface area (Å²) in [5, 5.41) is 10.8. The smallest absolute Gasteiger partial charge is 0.273 e. The van der Waals surface area contributed by atoms with Crippen LogP contribution in [0.5, 0.6) is 0 Å². The fraction of sp³-hybridized carbons (Fsp3) is 0.105. The van der Waals surface area contributed by atoms with E-state index >= 15 is 0 Å². The number of anilines is 2. The Morgan fingerprint density at radius 3 is 2.71 bits per heavy atom. The van der Waals surface area contributed by atoms with Crippen molar-refractivity contribution >= 4 is 39.7 Å². The number of thiazole rings is 1. The van der Waals surface area contributed by atoms with Gasteiger partial charge in [0.1, 0.15) is 11.8 Å². The Bertz CT molecular complexity index is 1030. The zero-order valence-electron chi connectivity index (χ0n) is 14.6. The van der Waals surface area contributed by atoms with Gasteiger partial charge in [-0.05, 0) is 24.3 Å². The van der Waals surface area contributed by atoms with Crippen LogP contribution in [-0.2, 0) is 9.59 Å². The fourth-order valence-corrected chi connectivity index (χ4v) is 3.55. The highest BCUT2D eigenvalue weighted by Gasteiger charge is 2.35. The van der Waals surface area contributed by atoms with Gasteiger partial charge in [0.2, 0.25) is 5.91 Å². The van der Waals surface area contributed by atoms with Crippen LogP contribution in [0.2, 0.25) is 0 Å². The number of nitrogens with two attached hydrogens (primary N) is 1. The normalized spacial score (nSPS) is 15.9. The number of pyridine rings is 1. The molecular formula is C19H16N6O2S. The maximum atomic E-state index is 12.6. The van der Waals surface area contributed by atoms with Crippen LogP contribution in [0.25, 0.3) is 11.3 Å². The lowest BCUT2D eigenvalue weighted by Gasteiger charge is -2.20. The van der Waals surface area contributed by atoms with Gasteiger partial charge in [-0.15, -0.1) is 11.3 Å². The van der Waals surface area contributed by atoms with Crippen LogP contribution < -0.4 is 16.1 Å². The van der Waals surface area contributed by atoms with Gasteiger partial charge >= 0.3 is 0 Å². The molecule has 140 valence electrons. The molecule has 28 heavy (non-hydrogen) atoms. The number of hydrogen-bond acceptors (Lipinski definition) is 7. The third-order valence-electron chi connectivity index (χ3n) is 4.20. The van der Waals surface area contributed by atoms with Gasteiger partial charge in [-0.1, -0.05) is 18.2 Å². The number of carbonyl (C=O) groups is 2. The molecule has 0 aliphatic carbocycles. The highest BCUT2D eigenvalue weighted by molar-refractivity contribution is 7.14. The number of nitrogens with one attached hydrogen (secondary N) is 1. The van der Waals surface area contributed by atoms with Crippen molar-refractivity contribution in [2.45, 2.75) is 12.5 Å². The van der Waals surface area contributed by atoms with E-state index in [0.29, 0.717) is 10.8 Å². The Hall–Kier alpha value is -3.59. The molecule has 0 saturated carbocycles. The zero-order chi connectivity index (χ0) is 19.5. The van der Waals surface area contributed by atoms with E-state index in [1.165, 1.54) is 16.3 Å². The molecule has 0 spiro atoms. The molecule has 3 aromatic rings. The monoisotopic (exact) mass is 392 g/mol. The maximum Gasteiger partial charge on any atom is 0.273 e. The minimum atomic E-state index is -0.703. The van der Waals surface area contributed by atoms with Crippen LogP contribution in [0.15, 0.2) is 65.3 Å². The number of rotatable bonds is 5. The summed E-state index contributed by atoms with van der Waals surface area (Å²) in [4.78, 5) is 32.9. The van der Waals surface area contributed by atoms with E-state index < -0.39 is 17.9 Å². The lowest BCUT2D eigenvalue weighted by Crippen LogP contribution is -2.39. The van der Waals surface area contributed by atoms with E-state index in [2.05, 4.69) is 20.4 Å². The summed E-state index contributed by atoms with van der Waals surface area (Å²) < 4.78 is 0. The van der Waals surface area contributed by atoms with Gasteiger partial charge in [0, 0.05) is 29.8 Å². The second kappa shape index (κ2) is 7.57. The summed E-state index contributed by atoms with van der Waals surface area (Å²) in [7, 11) is 0. The van der Waals surface area contributed by atoms with Crippen LogP contribution in [0.4, 0.5) is 10.8 Å². The van der Waals surface area contributed by atoms with Crippen LogP contribution in [0.1, 0.15) is 6.42 Å².